The average molecular weight is 348 g/mol. The Morgan fingerprint density at radius 3 is 2.33 bits per heavy atom. The second-order valence-corrected chi connectivity index (χ2v) is 5.59. The summed E-state index contributed by atoms with van der Waals surface area (Å²) in [6.45, 7) is 3.13. The highest BCUT2D eigenvalue weighted by Crippen LogP contribution is 2.27. The van der Waals surface area contributed by atoms with E-state index in [0.717, 1.165) is 0 Å². The highest BCUT2D eigenvalue weighted by molar-refractivity contribution is 6.32. The fourth-order valence-corrected chi connectivity index (χ4v) is 2.27. The molecule has 0 radical (unpaired) electrons. The van der Waals surface area contributed by atoms with Gasteiger partial charge in [-0.3, -0.25) is 9.59 Å². The molecule has 126 valence electrons. The van der Waals surface area contributed by atoms with Crippen LogP contribution in [0.3, 0.4) is 0 Å². The number of ketones is 1. The molecule has 0 aliphatic rings. The quantitative estimate of drug-likeness (QED) is 0.803. The maximum absolute atomic E-state index is 12.2. The number of rotatable bonds is 6. The predicted molar refractivity (Wildman–Crippen MR) is 93.2 cm³/mol. The first-order valence-corrected chi connectivity index (χ1v) is 7.70. The van der Waals surface area contributed by atoms with Crippen LogP contribution in [0.15, 0.2) is 42.5 Å². The molecule has 6 heteroatoms. The number of nitrogens with one attached hydrogen (secondary N) is 1. The maximum atomic E-state index is 12.2. The molecule has 1 atom stereocenters. The van der Waals surface area contributed by atoms with Crippen molar-refractivity contribution in [3.05, 3.63) is 53.1 Å². The van der Waals surface area contributed by atoms with E-state index in [0.29, 0.717) is 27.8 Å². The van der Waals surface area contributed by atoms with Gasteiger partial charge >= 0.3 is 0 Å². The van der Waals surface area contributed by atoms with Gasteiger partial charge in [0.15, 0.2) is 11.9 Å². The maximum Gasteiger partial charge on any atom is 0.265 e. The fourth-order valence-electron chi connectivity index (χ4n) is 2.01. The van der Waals surface area contributed by atoms with Gasteiger partial charge in [-0.25, -0.2) is 0 Å². The lowest BCUT2D eigenvalue weighted by molar-refractivity contribution is -0.122. The summed E-state index contributed by atoms with van der Waals surface area (Å²) in [4.78, 5) is 23.4. The van der Waals surface area contributed by atoms with Gasteiger partial charge in [0, 0.05) is 11.3 Å². The molecule has 0 aliphatic carbocycles. The van der Waals surface area contributed by atoms with Crippen LogP contribution in [0.5, 0.6) is 11.5 Å². The zero-order valence-electron chi connectivity index (χ0n) is 13.6. The number of Topliss-reactive ketones (excluding diaryl/α,β-unsaturated/α-hetero) is 1. The van der Waals surface area contributed by atoms with Crippen molar-refractivity contribution < 1.29 is 19.1 Å². The second kappa shape index (κ2) is 7.84. The molecular weight excluding hydrogens is 330 g/mol. The van der Waals surface area contributed by atoms with E-state index < -0.39 is 6.10 Å². The van der Waals surface area contributed by atoms with E-state index in [-0.39, 0.29) is 11.7 Å². The number of halogens is 1. The van der Waals surface area contributed by atoms with Gasteiger partial charge in [-0.05, 0) is 56.3 Å². The molecule has 0 fully saturated rings. The van der Waals surface area contributed by atoms with E-state index in [2.05, 4.69) is 5.32 Å². The molecule has 0 spiro atoms. The Bertz CT molecular complexity index is 743. The molecule has 1 unspecified atom stereocenters. The van der Waals surface area contributed by atoms with Crippen LogP contribution in [0.4, 0.5) is 5.69 Å². The van der Waals surface area contributed by atoms with Crippen molar-refractivity contribution in [2.75, 3.05) is 12.4 Å². The van der Waals surface area contributed by atoms with Crippen molar-refractivity contribution >= 4 is 29.0 Å². The van der Waals surface area contributed by atoms with E-state index in [1.165, 1.54) is 14.0 Å². The zero-order valence-corrected chi connectivity index (χ0v) is 14.4. The number of carbonyl (C=O) groups excluding carboxylic acids is 2. The van der Waals surface area contributed by atoms with Gasteiger partial charge in [0.05, 0.1) is 12.1 Å². The topological polar surface area (TPSA) is 64.6 Å². The minimum absolute atomic E-state index is 0.0243. The number of carbonyl (C=O) groups is 2. The number of hydrogen-bond acceptors (Lipinski definition) is 4. The van der Waals surface area contributed by atoms with Crippen LogP contribution in [0.25, 0.3) is 0 Å². The summed E-state index contributed by atoms with van der Waals surface area (Å²) in [5.74, 6) is 0.704. The number of amides is 1. The summed E-state index contributed by atoms with van der Waals surface area (Å²) in [5, 5.41) is 3.13. The summed E-state index contributed by atoms with van der Waals surface area (Å²) >= 11 is 6.03. The molecule has 2 rings (SSSR count). The molecule has 1 N–H and O–H groups in total. The van der Waals surface area contributed by atoms with Crippen molar-refractivity contribution in [2.45, 2.75) is 20.0 Å². The molecule has 0 saturated heterocycles. The molecule has 5 nitrogen and oxygen atoms in total. The Morgan fingerprint density at radius 2 is 1.79 bits per heavy atom. The molecule has 24 heavy (non-hydrogen) atoms. The minimum Gasteiger partial charge on any atom is -0.495 e. The molecule has 0 aromatic heterocycles. The fraction of sp³-hybridized carbons (Fsp3) is 0.222. The third kappa shape index (κ3) is 4.49. The smallest absolute Gasteiger partial charge is 0.265 e. The number of methoxy groups -OCH3 is 1. The van der Waals surface area contributed by atoms with E-state index in [9.17, 15) is 9.59 Å². The molecule has 2 aromatic carbocycles. The van der Waals surface area contributed by atoms with Crippen molar-refractivity contribution in [3.8, 4) is 11.5 Å². The normalized spacial score (nSPS) is 11.5. The van der Waals surface area contributed by atoms with E-state index >= 15 is 0 Å². The van der Waals surface area contributed by atoms with Crippen molar-refractivity contribution in [1.82, 2.24) is 0 Å². The molecule has 0 bridgehead atoms. The lowest BCUT2D eigenvalue weighted by Gasteiger charge is -2.15. The lowest BCUT2D eigenvalue weighted by Crippen LogP contribution is -2.30. The largest absolute Gasteiger partial charge is 0.495 e. The van der Waals surface area contributed by atoms with Gasteiger partial charge in [0.25, 0.3) is 5.91 Å². The monoisotopic (exact) mass is 347 g/mol. The summed E-state index contributed by atoms with van der Waals surface area (Å²) in [7, 11) is 1.52. The first-order valence-electron chi connectivity index (χ1n) is 7.32. The van der Waals surface area contributed by atoms with Gasteiger partial charge in [0.2, 0.25) is 0 Å². The van der Waals surface area contributed by atoms with Gasteiger partial charge in [-0.2, -0.15) is 0 Å². The van der Waals surface area contributed by atoms with Crippen LogP contribution in [0, 0.1) is 0 Å². The highest BCUT2D eigenvalue weighted by Gasteiger charge is 2.15. The van der Waals surface area contributed by atoms with Crippen LogP contribution < -0.4 is 14.8 Å². The molecule has 0 aliphatic heterocycles. The first-order chi connectivity index (χ1) is 11.4. The Kier molecular flexibility index (Phi) is 5.82. The number of benzene rings is 2. The lowest BCUT2D eigenvalue weighted by atomic mass is 10.1. The summed E-state index contributed by atoms with van der Waals surface area (Å²) in [6.07, 6.45) is -0.714. The molecular formula is C18H18ClNO4. The van der Waals surface area contributed by atoms with Crippen LogP contribution in [0.1, 0.15) is 24.2 Å². The second-order valence-electron chi connectivity index (χ2n) is 5.18. The van der Waals surface area contributed by atoms with Crippen molar-refractivity contribution in [1.29, 1.82) is 0 Å². The summed E-state index contributed by atoms with van der Waals surface area (Å²) in [6, 6.07) is 11.6. The summed E-state index contributed by atoms with van der Waals surface area (Å²) < 4.78 is 10.6. The standard InChI is InChI=1S/C18H18ClNO4/c1-11(21)13-4-7-15(8-5-13)24-12(2)18(22)20-14-6-9-17(23-3)16(19)10-14/h4-10,12H,1-3H3,(H,20,22). The SMILES string of the molecule is COc1ccc(NC(=O)C(C)Oc2ccc(C(C)=O)cc2)cc1Cl. The Morgan fingerprint density at radius 1 is 1.12 bits per heavy atom. The molecule has 2 aromatic rings. The van der Waals surface area contributed by atoms with E-state index in [4.69, 9.17) is 21.1 Å². The minimum atomic E-state index is -0.714. The third-order valence-electron chi connectivity index (χ3n) is 3.36. The molecule has 0 saturated carbocycles. The first kappa shape index (κ1) is 17.8. The third-order valence-corrected chi connectivity index (χ3v) is 3.66. The predicted octanol–water partition coefficient (Wildman–Crippen LogP) is 3.96. The van der Waals surface area contributed by atoms with Crippen LogP contribution >= 0.6 is 11.6 Å². The Hall–Kier alpha value is -2.53. The summed E-state index contributed by atoms with van der Waals surface area (Å²) in [5.41, 5.74) is 1.14. The van der Waals surface area contributed by atoms with Gasteiger partial charge < -0.3 is 14.8 Å². The van der Waals surface area contributed by atoms with E-state index in [1.807, 2.05) is 0 Å². The van der Waals surface area contributed by atoms with Gasteiger partial charge in [0.1, 0.15) is 11.5 Å². The van der Waals surface area contributed by atoms with E-state index in [1.54, 1.807) is 49.4 Å². The Labute approximate surface area is 145 Å². The van der Waals surface area contributed by atoms with Crippen molar-refractivity contribution in [3.63, 3.8) is 0 Å². The zero-order chi connectivity index (χ0) is 17.7. The van der Waals surface area contributed by atoms with Crippen molar-refractivity contribution in [2.24, 2.45) is 0 Å². The number of ether oxygens (including phenoxy) is 2. The molecule has 0 heterocycles. The Balaban J connectivity index is 1.99. The van der Waals surface area contributed by atoms with Crippen LogP contribution in [-0.2, 0) is 4.79 Å². The van der Waals surface area contributed by atoms with Crippen LogP contribution in [0.2, 0.25) is 5.02 Å². The van der Waals surface area contributed by atoms with Crippen LogP contribution in [-0.4, -0.2) is 24.9 Å². The van der Waals surface area contributed by atoms with Gasteiger partial charge in [-0.1, -0.05) is 11.6 Å². The van der Waals surface area contributed by atoms with Gasteiger partial charge in [-0.15, -0.1) is 0 Å². The number of anilines is 1. The highest BCUT2D eigenvalue weighted by atomic mass is 35.5. The number of hydrogen-bond donors (Lipinski definition) is 1. The average Bonchev–Trinajstić information content (AvgIpc) is 2.55. The molecule has 1 amide bonds.